The SMILES string of the molecule is COC(=O)c1ccc(CNC(=O)CSc2cc(F)ccc2F)cc1. The number of halogens is 2. The van der Waals surface area contributed by atoms with E-state index in [1.807, 2.05) is 0 Å². The first-order valence-electron chi connectivity index (χ1n) is 7.01. The second-order valence-corrected chi connectivity index (χ2v) is 5.85. The van der Waals surface area contributed by atoms with Crippen LogP contribution >= 0.6 is 11.8 Å². The fourth-order valence-electron chi connectivity index (χ4n) is 1.86. The number of amides is 1. The Labute approximate surface area is 142 Å². The van der Waals surface area contributed by atoms with Crippen molar-refractivity contribution in [1.29, 1.82) is 0 Å². The van der Waals surface area contributed by atoms with E-state index >= 15 is 0 Å². The van der Waals surface area contributed by atoms with Crippen LogP contribution in [0.25, 0.3) is 0 Å². The second kappa shape index (κ2) is 8.44. The molecule has 0 aliphatic heterocycles. The van der Waals surface area contributed by atoms with Crippen molar-refractivity contribution in [2.24, 2.45) is 0 Å². The van der Waals surface area contributed by atoms with Gasteiger partial charge in [0.2, 0.25) is 5.91 Å². The number of carbonyl (C=O) groups is 2. The Morgan fingerprint density at radius 1 is 1.12 bits per heavy atom. The molecule has 0 aliphatic rings. The number of hydrogen-bond acceptors (Lipinski definition) is 4. The zero-order chi connectivity index (χ0) is 17.5. The summed E-state index contributed by atoms with van der Waals surface area (Å²) in [7, 11) is 1.30. The molecule has 1 amide bonds. The topological polar surface area (TPSA) is 55.4 Å². The Morgan fingerprint density at radius 2 is 1.83 bits per heavy atom. The predicted octanol–water partition coefficient (Wildman–Crippen LogP) is 3.16. The zero-order valence-corrected chi connectivity index (χ0v) is 13.7. The molecule has 0 heterocycles. The molecule has 7 heteroatoms. The van der Waals surface area contributed by atoms with Gasteiger partial charge < -0.3 is 10.1 Å². The van der Waals surface area contributed by atoms with Crippen molar-refractivity contribution in [1.82, 2.24) is 5.32 Å². The highest BCUT2D eigenvalue weighted by atomic mass is 32.2. The fourth-order valence-corrected chi connectivity index (χ4v) is 2.65. The minimum absolute atomic E-state index is 0.0272. The summed E-state index contributed by atoms with van der Waals surface area (Å²) in [5.74, 6) is -1.88. The summed E-state index contributed by atoms with van der Waals surface area (Å²) in [6, 6.07) is 9.71. The molecule has 24 heavy (non-hydrogen) atoms. The summed E-state index contributed by atoms with van der Waals surface area (Å²) in [5.41, 5.74) is 1.22. The number of carbonyl (C=O) groups excluding carboxylic acids is 2. The minimum Gasteiger partial charge on any atom is -0.465 e. The molecule has 2 rings (SSSR count). The van der Waals surface area contributed by atoms with Gasteiger partial charge in [-0.2, -0.15) is 0 Å². The molecule has 0 radical (unpaired) electrons. The van der Waals surface area contributed by atoms with E-state index in [9.17, 15) is 18.4 Å². The van der Waals surface area contributed by atoms with E-state index in [0.29, 0.717) is 5.56 Å². The van der Waals surface area contributed by atoms with Gasteiger partial charge in [0.1, 0.15) is 11.6 Å². The van der Waals surface area contributed by atoms with Gasteiger partial charge in [0, 0.05) is 11.4 Å². The maximum Gasteiger partial charge on any atom is 0.337 e. The summed E-state index contributed by atoms with van der Waals surface area (Å²) >= 11 is 0.926. The van der Waals surface area contributed by atoms with Crippen molar-refractivity contribution >= 4 is 23.6 Å². The molecule has 0 atom stereocenters. The lowest BCUT2D eigenvalue weighted by Gasteiger charge is -2.07. The van der Waals surface area contributed by atoms with Crippen LogP contribution in [0.1, 0.15) is 15.9 Å². The van der Waals surface area contributed by atoms with E-state index in [0.717, 1.165) is 35.5 Å². The molecule has 2 aromatic rings. The molecule has 126 valence electrons. The fraction of sp³-hybridized carbons (Fsp3) is 0.176. The van der Waals surface area contributed by atoms with Gasteiger partial charge >= 0.3 is 5.97 Å². The molecular weight excluding hydrogens is 336 g/mol. The van der Waals surface area contributed by atoms with Crippen LogP contribution in [-0.2, 0) is 16.1 Å². The zero-order valence-electron chi connectivity index (χ0n) is 12.8. The van der Waals surface area contributed by atoms with Crippen molar-refractivity contribution in [2.45, 2.75) is 11.4 Å². The van der Waals surface area contributed by atoms with Gasteiger partial charge in [-0.05, 0) is 35.9 Å². The van der Waals surface area contributed by atoms with E-state index in [-0.39, 0.29) is 23.1 Å². The number of ether oxygens (including phenoxy) is 1. The quantitative estimate of drug-likeness (QED) is 0.642. The van der Waals surface area contributed by atoms with Crippen molar-refractivity contribution < 1.29 is 23.1 Å². The van der Waals surface area contributed by atoms with Crippen molar-refractivity contribution in [3.8, 4) is 0 Å². The first kappa shape index (κ1) is 17.9. The van der Waals surface area contributed by atoms with Crippen LogP contribution in [0.4, 0.5) is 8.78 Å². The Bertz CT molecular complexity index is 735. The molecule has 0 saturated carbocycles. The van der Waals surface area contributed by atoms with E-state index in [2.05, 4.69) is 10.1 Å². The maximum atomic E-state index is 13.4. The summed E-state index contributed by atoms with van der Waals surface area (Å²) in [6.07, 6.45) is 0. The number of rotatable bonds is 6. The Morgan fingerprint density at radius 3 is 2.50 bits per heavy atom. The van der Waals surface area contributed by atoms with Crippen LogP contribution in [0.3, 0.4) is 0 Å². The number of benzene rings is 2. The Kier molecular flexibility index (Phi) is 6.31. The Hall–Kier alpha value is -2.41. The monoisotopic (exact) mass is 351 g/mol. The third-order valence-electron chi connectivity index (χ3n) is 3.12. The number of thioether (sulfide) groups is 1. The summed E-state index contributed by atoms with van der Waals surface area (Å²) in [4.78, 5) is 23.2. The highest BCUT2D eigenvalue weighted by molar-refractivity contribution is 8.00. The molecule has 0 unspecified atom stereocenters. The highest BCUT2D eigenvalue weighted by Gasteiger charge is 2.09. The minimum atomic E-state index is -0.562. The summed E-state index contributed by atoms with van der Waals surface area (Å²) in [5, 5.41) is 2.67. The molecule has 0 aliphatic carbocycles. The van der Waals surface area contributed by atoms with Gasteiger partial charge in [0.05, 0.1) is 18.4 Å². The van der Waals surface area contributed by atoms with Crippen molar-refractivity contribution in [2.75, 3.05) is 12.9 Å². The predicted molar refractivity (Wildman–Crippen MR) is 86.7 cm³/mol. The van der Waals surface area contributed by atoms with E-state index in [4.69, 9.17) is 0 Å². The second-order valence-electron chi connectivity index (χ2n) is 4.83. The van der Waals surface area contributed by atoms with Gasteiger partial charge in [-0.1, -0.05) is 12.1 Å². The average Bonchev–Trinajstić information content (AvgIpc) is 2.60. The molecule has 0 aromatic heterocycles. The first-order valence-corrected chi connectivity index (χ1v) is 8.00. The molecule has 2 aromatic carbocycles. The number of methoxy groups -OCH3 is 1. The molecule has 1 N–H and O–H groups in total. The third kappa shape index (κ3) is 5.06. The largest absolute Gasteiger partial charge is 0.465 e. The standard InChI is InChI=1S/C17H15F2NO3S/c1-23-17(22)12-4-2-11(3-5-12)9-20-16(21)10-24-15-8-13(18)6-7-14(15)19/h2-8H,9-10H2,1H3,(H,20,21). The Balaban J connectivity index is 1.82. The normalized spacial score (nSPS) is 10.3. The average molecular weight is 351 g/mol. The van der Waals surface area contributed by atoms with Gasteiger partial charge in [-0.3, -0.25) is 4.79 Å². The highest BCUT2D eigenvalue weighted by Crippen LogP contribution is 2.22. The molecule has 0 bridgehead atoms. The van der Waals surface area contributed by atoms with Crippen LogP contribution in [0.5, 0.6) is 0 Å². The van der Waals surface area contributed by atoms with Crippen LogP contribution in [0, 0.1) is 11.6 Å². The smallest absolute Gasteiger partial charge is 0.337 e. The molecule has 0 saturated heterocycles. The van der Waals surface area contributed by atoms with Crippen LogP contribution in [0.2, 0.25) is 0 Å². The third-order valence-corrected chi connectivity index (χ3v) is 4.15. The summed E-state index contributed by atoms with van der Waals surface area (Å²) < 4.78 is 31.1. The van der Waals surface area contributed by atoms with Gasteiger partial charge in [-0.15, -0.1) is 11.8 Å². The lowest BCUT2D eigenvalue weighted by Crippen LogP contribution is -2.24. The van der Waals surface area contributed by atoms with Crippen LogP contribution < -0.4 is 5.32 Å². The maximum absolute atomic E-state index is 13.4. The first-order chi connectivity index (χ1) is 11.5. The number of nitrogens with one attached hydrogen (secondary N) is 1. The van der Waals surface area contributed by atoms with Crippen LogP contribution in [0.15, 0.2) is 47.4 Å². The lowest BCUT2D eigenvalue weighted by molar-refractivity contribution is -0.118. The van der Waals surface area contributed by atoms with Gasteiger partial charge in [0.15, 0.2) is 0 Å². The summed E-state index contributed by atoms with van der Waals surface area (Å²) in [6.45, 7) is 0.270. The van der Waals surface area contributed by atoms with E-state index < -0.39 is 17.6 Å². The van der Waals surface area contributed by atoms with Gasteiger partial charge in [0.25, 0.3) is 0 Å². The number of esters is 1. The van der Waals surface area contributed by atoms with Gasteiger partial charge in [-0.25, -0.2) is 13.6 Å². The molecule has 4 nitrogen and oxygen atoms in total. The van der Waals surface area contributed by atoms with E-state index in [1.165, 1.54) is 7.11 Å². The molecule has 0 fully saturated rings. The van der Waals surface area contributed by atoms with Crippen LogP contribution in [-0.4, -0.2) is 24.7 Å². The molecular formula is C17H15F2NO3S. The molecule has 0 spiro atoms. The van der Waals surface area contributed by atoms with Crippen molar-refractivity contribution in [3.05, 3.63) is 65.2 Å². The van der Waals surface area contributed by atoms with Crippen molar-refractivity contribution in [3.63, 3.8) is 0 Å². The number of hydrogen-bond donors (Lipinski definition) is 1. The van der Waals surface area contributed by atoms with E-state index in [1.54, 1.807) is 24.3 Å². The lowest BCUT2D eigenvalue weighted by atomic mass is 10.1.